The second kappa shape index (κ2) is 5.87. The van der Waals surface area contributed by atoms with E-state index in [9.17, 15) is 4.79 Å². The van der Waals surface area contributed by atoms with Crippen LogP contribution in [0.3, 0.4) is 0 Å². The number of hydrogen-bond acceptors (Lipinski definition) is 3. The summed E-state index contributed by atoms with van der Waals surface area (Å²) in [6, 6.07) is 4.09. The number of rotatable bonds is 6. The predicted octanol–water partition coefficient (Wildman–Crippen LogP) is 1.85. The van der Waals surface area contributed by atoms with Crippen LogP contribution >= 0.6 is 0 Å². The van der Waals surface area contributed by atoms with Crippen LogP contribution in [0.4, 0.5) is 0 Å². The van der Waals surface area contributed by atoms with E-state index >= 15 is 0 Å². The zero-order valence-corrected chi connectivity index (χ0v) is 11.1. The second-order valence-corrected chi connectivity index (χ2v) is 4.63. The van der Waals surface area contributed by atoms with Gasteiger partial charge in [-0.3, -0.25) is 4.79 Å². The molecule has 0 saturated heterocycles. The first kappa shape index (κ1) is 13.8. The fourth-order valence-corrected chi connectivity index (χ4v) is 1.69. The maximum atomic E-state index is 11.3. The van der Waals surface area contributed by atoms with Crippen molar-refractivity contribution in [2.24, 2.45) is 7.05 Å². The molecular formula is C13H22N2O2. The number of nitrogens with zero attached hydrogens (tertiary/aromatic N) is 1. The van der Waals surface area contributed by atoms with Crippen LogP contribution < -0.4 is 5.32 Å². The molecule has 1 aromatic heterocycles. The van der Waals surface area contributed by atoms with Gasteiger partial charge in [-0.15, -0.1) is 0 Å². The van der Waals surface area contributed by atoms with E-state index in [1.807, 2.05) is 26.2 Å². The Kier molecular flexibility index (Phi) is 4.75. The number of carbonyl (C=O) groups excluding carboxylic acids is 1. The smallest absolute Gasteiger partial charge is 0.307 e. The summed E-state index contributed by atoms with van der Waals surface area (Å²) in [5, 5.41) is 3.43. The average Bonchev–Trinajstić information content (AvgIpc) is 2.72. The van der Waals surface area contributed by atoms with E-state index < -0.39 is 0 Å². The highest BCUT2D eigenvalue weighted by Gasteiger charge is 2.25. The van der Waals surface area contributed by atoms with E-state index in [-0.39, 0.29) is 11.5 Å². The molecule has 0 fully saturated rings. The Morgan fingerprint density at radius 3 is 2.76 bits per heavy atom. The van der Waals surface area contributed by atoms with Crippen LogP contribution in [0.5, 0.6) is 0 Å². The standard InChI is InChI=1S/C13H22N2O2/c1-5-13(2,9-12(16)17-4)14-10-11-7-6-8-15(11)3/h6-8,14H,5,9-10H2,1-4H3/t13-/m1/s1. The number of nitrogens with one attached hydrogen (secondary N) is 1. The molecule has 0 bridgehead atoms. The molecule has 96 valence electrons. The highest BCUT2D eigenvalue weighted by molar-refractivity contribution is 5.70. The average molecular weight is 238 g/mol. The van der Waals surface area contributed by atoms with Crippen molar-refractivity contribution < 1.29 is 9.53 Å². The third-order valence-electron chi connectivity index (χ3n) is 3.29. The van der Waals surface area contributed by atoms with Gasteiger partial charge in [-0.1, -0.05) is 6.92 Å². The summed E-state index contributed by atoms with van der Waals surface area (Å²) in [5.41, 5.74) is 0.992. The van der Waals surface area contributed by atoms with Gasteiger partial charge in [0.2, 0.25) is 0 Å². The fraction of sp³-hybridized carbons (Fsp3) is 0.615. The Bertz CT molecular complexity index is 373. The number of esters is 1. The Morgan fingerprint density at radius 1 is 1.59 bits per heavy atom. The van der Waals surface area contributed by atoms with E-state index in [4.69, 9.17) is 4.74 Å². The molecule has 0 saturated carbocycles. The number of ether oxygens (including phenoxy) is 1. The lowest BCUT2D eigenvalue weighted by Gasteiger charge is -2.28. The molecular weight excluding hydrogens is 216 g/mol. The molecule has 0 aromatic carbocycles. The first-order chi connectivity index (χ1) is 8.00. The molecule has 1 atom stereocenters. The molecule has 1 aromatic rings. The van der Waals surface area contributed by atoms with E-state index in [0.29, 0.717) is 6.42 Å². The fourth-order valence-electron chi connectivity index (χ4n) is 1.69. The molecule has 1 N–H and O–H groups in total. The molecule has 0 amide bonds. The maximum Gasteiger partial charge on any atom is 0.307 e. The summed E-state index contributed by atoms with van der Waals surface area (Å²) in [7, 11) is 3.44. The molecule has 4 nitrogen and oxygen atoms in total. The number of methoxy groups -OCH3 is 1. The van der Waals surface area contributed by atoms with Gasteiger partial charge < -0.3 is 14.6 Å². The molecule has 0 aliphatic carbocycles. The minimum absolute atomic E-state index is 0.172. The summed E-state index contributed by atoms with van der Waals surface area (Å²) in [6.45, 7) is 4.87. The summed E-state index contributed by atoms with van der Waals surface area (Å²) < 4.78 is 6.80. The normalized spacial score (nSPS) is 14.4. The third kappa shape index (κ3) is 3.89. The number of aryl methyl sites for hydroxylation is 1. The van der Waals surface area contributed by atoms with Gasteiger partial charge in [0.15, 0.2) is 0 Å². The van der Waals surface area contributed by atoms with Crippen molar-refractivity contribution in [2.45, 2.75) is 38.8 Å². The van der Waals surface area contributed by atoms with Gasteiger partial charge in [-0.05, 0) is 25.5 Å². The van der Waals surface area contributed by atoms with Crippen LogP contribution in [0.25, 0.3) is 0 Å². The summed E-state index contributed by atoms with van der Waals surface area (Å²) in [6.07, 6.45) is 3.29. The van der Waals surface area contributed by atoms with Crippen molar-refractivity contribution in [1.29, 1.82) is 0 Å². The Morgan fingerprint density at radius 2 is 2.29 bits per heavy atom. The predicted molar refractivity (Wildman–Crippen MR) is 67.6 cm³/mol. The van der Waals surface area contributed by atoms with Crippen LogP contribution in [0.2, 0.25) is 0 Å². The van der Waals surface area contributed by atoms with Crippen LogP contribution in [0.15, 0.2) is 18.3 Å². The van der Waals surface area contributed by atoms with Gasteiger partial charge in [-0.25, -0.2) is 0 Å². The highest BCUT2D eigenvalue weighted by Crippen LogP contribution is 2.16. The van der Waals surface area contributed by atoms with Crippen molar-refractivity contribution in [3.05, 3.63) is 24.0 Å². The maximum absolute atomic E-state index is 11.3. The Hall–Kier alpha value is -1.29. The lowest BCUT2D eigenvalue weighted by Crippen LogP contribution is -2.43. The van der Waals surface area contributed by atoms with Gasteiger partial charge in [0.1, 0.15) is 0 Å². The zero-order chi connectivity index (χ0) is 12.9. The lowest BCUT2D eigenvalue weighted by molar-refractivity contribution is -0.142. The Labute approximate surface area is 103 Å². The van der Waals surface area contributed by atoms with Crippen molar-refractivity contribution in [1.82, 2.24) is 9.88 Å². The lowest BCUT2D eigenvalue weighted by atomic mass is 9.94. The topological polar surface area (TPSA) is 43.3 Å². The molecule has 1 heterocycles. The molecule has 0 aliphatic rings. The summed E-state index contributed by atoms with van der Waals surface area (Å²) in [4.78, 5) is 11.3. The van der Waals surface area contributed by atoms with Gasteiger partial charge >= 0.3 is 5.97 Å². The summed E-state index contributed by atoms with van der Waals surface area (Å²) in [5.74, 6) is -0.172. The molecule has 0 aliphatic heterocycles. The Balaban J connectivity index is 2.57. The van der Waals surface area contributed by atoms with E-state index in [2.05, 4.69) is 22.9 Å². The number of hydrogen-bond donors (Lipinski definition) is 1. The summed E-state index contributed by atoms with van der Waals surface area (Å²) >= 11 is 0. The second-order valence-electron chi connectivity index (χ2n) is 4.63. The molecule has 1 rings (SSSR count). The van der Waals surface area contributed by atoms with Crippen molar-refractivity contribution in [3.8, 4) is 0 Å². The highest BCUT2D eigenvalue weighted by atomic mass is 16.5. The van der Waals surface area contributed by atoms with Gasteiger partial charge in [0.05, 0.1) is 13.5 Å². The van der Waals surface area contributed by atoms with E-state index in [1.165, 1.54) is 12.8 Å². The van der Waals surface area contributed by atoms with E-state index in [1.54, 1.807) is 0 Å². The monoisotopic (exact) mass is 238 g/mol. The first-order valence-electron chi connectivity index (χ1n) is 5.93. The van der Waals surface area contributed by atoms with Crippen molar-refractivity contribution in [3.63, 3.8) is 0 Å². The van der Waals surface area contributed by atoms with Gasteiger partial charge in [0, 0.05) is 31.0 Å². The van der Waals surface area contributed by atoms with Gasteiger partial charge in [-0.2, -0.15) is 0 Å². The minimum Gasteiger partial charge on any atom is -0.469 e. The van der Waals surface area contributed by atoms with Crippen LogP contribution in [-0.4, -0.2) is 23.2 Å². The van der Waals surface area contributed by atoms with Crippen LogP contribution in [0.1, 0.15) is 32.4 Å². The first-order valence-corrected chi connectivity index (χ1v) is 5.93. The molecule has 0 spiro atoms. The largest absolute Gasteiger partial charge is 0.469 e. The number of carbonyl (C=O) groups is 1. The zero-order valence-electron chi connectivity index (χ0n) is 11.1. The van der Waals surface area contributed by atoms with Crippen molar-refractivity contribution in [2.75, 3.05) is 7.11 Å². The van der Waals surface area contributed by atoms with Gasteiger partial charge in [0.25, 0.3) is 0 Å². The number of aromatic nitrogens is 1. The quantitative estimate of drug-likeness (QED) is 0.769. The van der Waals surface area contributed by atoms with E-state index in [0.717, 1.165) is 13.0 Å². The molecule has 4 heteroatoms. The SMILES string of the molecule is CC[C@](C)(CC(=O)OC)NCc1cccn1C. The third-order valence-corrected chi connectivity index (χ3v) is 3.29. The minimum atomic E-state index is -0.211. The van der Waals surface area contributed by atoms with Crippen LogP contribution in [-0.2, 0) is 23.1 Å². The van der Waals surface area contributed by atoms with Crippen LogP contribution in [0, 0.1) is 0 Å². The molecule has 17 heavy (non-hydrogen) atoms. The molecule has 0 unspecified atom stereocenters. The van der Waals surface area contributed by atoms with Crippen molar-refractivity contribution >= 4 is 5.97 Å². The molecule has 0 radical (unpaired) electrons.